The molecule has 0 amide bonds. The molecule has 102 valence electrons. The van der Waals surface area contributed by atoms with Crippen LogP contribution in [0, 0.1) is 29.6 Å². The van der Waals surface area contributed by atoms with Crippen molar-refractivity contribution in [1.82, 2.24) is 5.32 Å². The van der Waals surface area contributed by atoms with Gasteiger partial charge >= 0.3 is 0 Å². The van der Waals surface area contributed by atoms with E-state index in [0.29, 0.717) is 6.04 Å². The van der Waals surface area contributed by atoms with Crippen molar-refractivity contribution >= 4 is 0 Å². The molecule has 0 aromatic carbocycles. The highest BCUT2D eigenvalue weighted by molar-refractivity contribution is 4.81. The van der Waals surface area contributed by atoms with E-state index in [1.54, 1.807) is 0 Å². The van der Waals surface area contributed by atoms with E-state index in [9.17, 15) is 0 Å². The molecule has 0 aromatic heterocycles. The van der Waals surface area contributed by atoms with Crippen molar-refractivity contribution in [1.29, 1.82) is 0 Å². The van der Waals surface area contributed by atoms with Crippen LogP contribution in [0.2, 0.25) is 0 Å². The van der Waals surface area contributed by atoms with Gasteiger partial charge in [-0.25, -0.2) is 0 Å². The van der Waals surface area contributed by atoms with Crippen LogP contribution in [-0.2, 0) is 0 Å². The van der Waals surface area contributed by atoms with E-state index in [-0.39, 0.29) is 0 Å². The first-order valence-electron chi connectivity index (χ1n) is 7.63. The third-order valence-corrected chi connectivity index (χ3v) is 4.70. The van der Waals surface area contributed by atoms with Crippen LogP contribution in [0.3, 0.4) is 0 Å². The molecule has 0 bridgehead atoms. The first kappa shape index (κ1) is 15.0. The second kappa shape index (κ2) is 6.78. The normalized spacial score (nSPS) is 33.7. The summed E-state index contributed by atoms with van der Waals surface area (Å²) in [7, 11) is 0. The predicted molar refractivity (Wildman–Crippen MR) is 77.1 cm³/mol. The van der Waals surface area contributed by atoms with Crippen molar-refractivity contribution in [2.75, 3.05) is 6.54 Å². The van der Waals surface area contributed by atoms with Gasteiger partial charge in [-0.15, -0.1) is 0 Å². The summed E-state index contributed by atoms with van der Waals surface area (Å²) >= 11 is 0. The molecule has 1 nitrogen and oxygen atoms in total. The van der Waals surface area contributed by atoms with Crippen molar-refractivity contribution in [3.8, 4) is 0 Å². The van der Waals surface area contributed by atoms with Crippen molar-refractivity contribution in [2.24, 2.45) is 29.6 Å². The van der Waals surface area contributed by atoms with Crippen LogP contribution in [0.5, 0.6) is 0 Å². The molecular weight excluding hydrogens is 206 g/mol. The van der Waals surface area contributed by atoms with Crippen LogP contribution >= 0.6 is 0 Å². The zero-order valence-electron chi connectivity index (χ0n) is 12.8. The number of rotatable bonds is 5. The Bertz CT molecular complexity index is 202. The fraction of sp³-hybridized carbons (Fsp3) is 1.00. The fourth-order valence-corrected chi connectivity index (χ4v) is 3.51. The molecule has 1 aliphatic carbocycles. The monoisotopic (exact) mass is 239 g/mol. The van der Waals surface area contributed by atoms with Crippen molar-refractivity contribution < 1.29 is 0 Å². The third kappa shape index (κ3) is 4.99. The van der Waals surface area contributed by atoms with Gasteiger partial charge in [-0.3, -0.25) is 0 Å². The Morgan fingerprint density at radius 2 is 1.47 bits per heavy atom. The summed E-state index contributed by atoms with van der Waals surface area (Å²) in [4.78, 5) is 0. The third-order valence-electron chi connectivity index (χ3n) is 4.70. The number of hydrogen-bond donors (Lipinski definition) is 1. The Balaban J connectivity index is 2.42. The zero-order chi connectivity index (χ0) is 13.0. The Kier molecular flexibility index (Phi) is 5.99. The minimum absolute atomic E-state index is 0.619. The second-order valence-corrected chi connectivity index (χ2v) is 7.08. The number of nitrogens with one attached hydrogen (secondary N) is 1. The molecule has 1 N–H and O–H groups in total. The Morgan fingerprint density at radius 3 is 1.94 bits per heavy atom. The lowest BCUT2D eigenvalue weighted by Gasteiger charge is -2.37. The molecule has 1 heteroatoms. The van der Waals surface area contributed by atoms with E-state index in [1.165, 1.54) is 25.8 Å². The first-order valence-corrected chi connectivity index (χ1v) is 7.63. The Morgan fingerprint density at radius 1 is 0.941 bits per heavy atom. The largest absolute Gasteiger partial charge is 0.314 e. The predicted octanol–water partition coefficient (Wildman–Crippen LogP) is 4.33. The van der Waals surface area contributed by atoms with Crippen LogP contribution < -0.4 is 5.32 Å². The molecule has 0 saturated heterocycles. The molecule has 0 spiro atoms. The molecule has 0 aliphatic heterocycles. The maximum absolute atomic E-state index is 3.59. The van der Waals surface area contributed by atoms with Crippen LogP contribution in [0.1, 0.15) is 60.8 Å². The van der Waals surface area contributed by atoms with Crippen molar-refractivity contribution in [2.45, 2.75) is 66.8 Å². The maximum atomic E-state index is 3.59. The molecule has 1 rings (SSSR count). The van der Waals surface area contributed by atoms with Gasteiger partial charge in [-0.1, -0.05) is 41.5 Å². The Hall–Kier alpha value is -0.0400. The van der Waals surface area contributed by atoms with E-state index in [4.69, 9.17) is 0 Å². The average molecular weight is 239 g/mol. The van der Waals surface area contributed by atoms with E-state index in [0.717, 1.165) is 29.6 Å². The topological polar surface area (TPSA) is 12.0 Å². The summed E-state index contributed by atoms with van der Waals surface area (Å²) < 4.78 is 0. The van der Waals surface area contributed by atoms with E-state index >= 15 is 0 Å². The maximum Gasteiger partial charge on any atom is 0.00104 e. The van der Waals surface area contributed by atoms with E-state index < -0.39 is 0 Å². The zero-order valence-corrected chi connectivity index (χ0v) is 12.8. The molecule has 1 aliphatic rings. The van der Waals surface area contributed by atoms with E-state index in [2.05, 4.69) is 46.9 Å². The van der Waals surface area contributed by atoms with Gasteiger partial charge in [-0.05, 0) is 55.4 Å². The van der Waals surface area contributed by atoms with Gasteiger partial charge in [0, 0.05) is 6.04 Å². The first-order chi connectivity index (χ1) is 7.90. The van der Waals surface area contributed by atoms with Crippen LogP contribution in [0.25, 0.3) is 0 Å². The summed E-state index contributed by atoms with van der Waals surface area (Å²) in [6.07, 6.45) is 4.36. The quantitative estimate of drug-likeness (QED) is 0.753. The van der Waals surface area contributed by atoms with Crippen molar-refractivity contribution in [3.63, 3.8) is 0 Å². The average Bonchev–Trinajstić information content (AvgIpc) is 2.23. The highest BCUT2D eigenvalue weighted by Gasteiger charge is 2.30. The summed E-state index contributed by atoms with van der Waals surface area (Å²) in [5, 5.41) is 3.59. The van der Waals surface area contributed by atoms with E-state index in [1.807, 2.05) is 0 Å². The number of hydrogen-bond acceptors (Lipinski definition) is 1. The highest BCUT2D eigenvalue weighted by atomic mass is 14.9. The van der Waals surface area contributed by atoms with Crippen molar-refractivity contribution in [3.05, 3.63) is 0 Å². The molecule has 17 heavy (non-hydrogen) atoms. The minimum Gasteiger partial charge on any atom is -0.314 e. The Labute approximate surface area is 109 Å². The molecule has 0 heterocycles. The molecular formula is C16H33N. The summed E-state index contributed by atoms with van der Waals surface area (Å²) in [5.41, 5.74) is 0. The summed E-state index contributed by atoms with van der Waals surface area (Å²) in [6, 6.07) is 0.619. The van der Waals surface area contributed by atoms with Gasteiger partial charge in [0.25, 0.3) is 0 Å². The van der Waals surface area contributed by atoms with Gasteiger partial charge in [0.15, 0.2) is 0 Å². The SMILES string of the molecule is CC1CC(C)CC(C(C)C(C)CNC(C)C)C1. The van der Waals surface area contributed by atoms with Gasteiger partial charge in [0.2, 0.25) is 0 Å². The van der Waals surface area contributed by atoms with Gasteiger partial charge in [0.05, 0.1) is 0 Å². The fourth-order valence-electron chi connectivity index (χ4n) is 3.51. The van der Waals surface area contributed by atoms with Crippen LogP contribution in [-0.4, -0.2) is 12.6 Å². The second-order valence-electron chi connectivity index (χ2n) is 7.08. The highest BCUT2D eigenvalue weighted by Crippen LogP contribution is 2.39. The summed E-state index contributed by atoms with van der Waals surface area (Å²) in [5.74, 6) is 4.51. The van der Waals surface area contributed by atoms with Crippen LogP contribution in [0.4, 0.5) is 0 Å². The van der Waals surface area contributed by atoms with Crippen LogP contribution in [0.15, 0.2) is 0 Å². The molecule has 1 fully saturated rings. The lowest BCUT2D eigenvalue weighted by molar-refractivity contribution is 0.134. The molecule has 0 radical (unpaired) electrons. The lowest BCUT2D eigenvalue weighted by atomic mass is 9.69. The standard InChI is InChI=1S/C16H33N/c1-11(2)17-10-14(5)15(6)16-8-12(3)7-13(4)9-16/h11-17H,7-10H2,1-6H3. The molecule has 0 aromatic rings. The van der Waals surface area contributed by atoms with Gasteiger partial charge in [0.1, 0.15) is 0 Å². The molecule has 4 unspecified atom stereocenters. The smallest absolute Gasteiger partial charge is 0.00104 e. The molecule has 1 saturated carbocycles. The summed E-state index contributed by atoms with van der Waals surface area (Å²) in [6.45, 7) is 15.4. The minimum atomic E-state index is 0.619. The van der Waals surface area contributed by atoms with Gasteiger partial charge < -0.3 is 5.32 Å². The van der Waals surface area contributed by atoms with Gasteiger partial charge in [-0.2, -0.15) is 0 Å². The lowest BCUT2D eigenvalue weighted by Crippen LogP contribution is -2.34. The molecule has 4 atom stereocenters.